The van der Waals surface area contributed by atoms with Gasteiger partial charge in [-0.3, -0.25) is 4.79 Å². The third-order valence-electron chi connectivity index (χ3n) is 5.22. The minimum Gasteiger partial charge on any atom is -0.371 e. The molecule has 1 amide bonds. The molecule has 34 heavy (non-hydrogen) atoms. The third kappa shape index (κ3) is 6.20. The Hall–Kier alpha value is -3.25. The number of hydrogen-bond donors (Lipinski definition) is 3. The monoisotopic (exact) mass is 506 g/mol. The van der Waals surface area contributed by atoms with Gasteiger partial charge in [0, 0.05) is 41.2 Å². The van der Waals surface area contributed by atoms with Crippen molar-refractivity contribution in [2.75, 3.05) is 33.9 Å². The zero-order valence-corrected chi connectivity index (χ0v) is 19.5. The number of thiocarbonyl (C=S) groups is 1. The lowest BCUT2D eigenvalue weighted by Crippen LogP contribution is -2.30. The second kappa shape index (κ2) is 10.3. The Morgan fingerprint density at radius 2 is 1.59 bits per heavy atom. The second-order valence-electron chi connectivity index (χ2n) is 7.71. The van der Waals surface area contributed by atoms with E-state index in [0.717, 1.165) is 50.0 Å². The van der Waals surface area contributed by atoms with Gasteiger partial charge in [-0.2, -0.15) is 13.2 Å². The van der Waals surface area contributed by atoms with Crippen LogP contribution in [0.15, 0.2) is 47.8 Å². The van der Waals surface area contributed by atoms with Crippen molar-refractivity contribution < 1.29 is 18.0 Å². The summed E-state index contributed by atoms with van der Waals surface area (Å²) in [6.07, 6.45) is -1.47. The summed E-state index contributed by atoms with van der Waals surface area (Å²) in [5.41, 5.74) is 1.43. The Morgan fingerprint density at radius 3 is 2.21 bits per heavy atom. The highest BCUT2D eigenvalue weighted by atomic mass is 32.1. The number of hydrogen-bond acceptors (Lipinski definition) is 6. The predicted molar refractivity (Wildman–Crippen MR) is 132 cm³/mol. The van der Waals surface area contributed by atoms with Crippen LogP contribution in [0.4, 0.5) is 35.9 Å². The van der Waals surface area contributed by atoms with Crippen molar-refractivity contribution in [2.45, 2.75) is 25.4 Å². The van der Waals surface area contributed by atoms with Crippen LogP contribution in [0.3, 0.4) is 0 Å². The van der Waals surface area contributed by atoms with Gasteiger partial charge in [0.25, 0.3) is 5.91 Å². The highest BCUT2D eigenvalue weighted by molar-refractivity contribution is 7.80. The normalized spacial score (nSPS) is 13.9. The fourth-order valence-electron chi connectivity index (χ4n) is 3.57. The van der Waals surface area contributed by atoms with Crippen LogP contribution < -0.4 is 20.9 Å². The number of nitrogens with one attached hydrogen (secondary N) is 3. The quantitative estimate of drug-likeness (QED) is 0.388. The molecule has 12 heteroatoms. The average Bonchev–Trinajstić information content (AvgIpc) is 3.35. The molecule has 0 saturated carbocycles. The first-order valence-electron chi connectivity index (χ1n) is 10.5. The van der Waals surface area contributed by atoms with E-state index in [1.54, 1.807) is 35.7 Å². The van der Waals surface area contributed by atoms with Crippen molar-refractivity contribution in [2.24, 2.45) is 0 Å². The number of anilines is 4. The van der Waals surface area contributed by atoms with Gasteiger partial charge in [-0.25, -0.2) is 0 Å². The molecule has 178 valence electrons. The number of rotatable bonds is 5. The fourth-order valence-corrected chi connectivity index (χ4v) is 4.24. The van der Waals surface area contributed by atoms with Gasteiger partial charge in [0.1, 0.15) is 0 Å². The number of nitrogens with zero attached hydrogens (tertiary/aromatic N) is 3. The minimum atomic E-state index is -4.47. The van der Waals surface area contributed by atoms with Gasteiger partial charge in [0.15, 0.2) is 10.8 Å². The first-order chi connectivity index (χ1) is 16.3. The molecule has 4 rings (SSSR count). The van der Waals surface area contributed by atoms with Gasteiger partial charge in [0.2, 0.25) is 0 Å². The second-order valence-corrected chi connectivity index (χ2v) is 8.73. The number of aromatic nitrogens is 2. The van der Waals surface area contributed by atoms with Crippen LogP contribution in [-0.2, 0) is 6.18 Å². The number of alkyl halides is 3. The van der Waals surface area contributed by atoms with E-state index >= 15 is 0 Å². The molecule has 3 aromatic rings. The van der Waals surface area contributed by atoms with E-state index in [1.807, 2.05) is 4.90 Å². The number of carbonyl (C=O) groups is 1. The maximum absolute atomic E-state index is 13.5. The number of halogens is 3. The predicted octanol–water partition coefficient (Wildman–Crippen LogP) is 5.61. The van der Waals surface area contributed by atoms with Crippen molar-refractivity contribution in [1.29, 1.82) is 0 Å². The van der Waals surface area contributed by atoms with E-state index < -0.39 is 11.7 Å². The number of amides is 1. The SMILES string of the molecule is O=C(Nc1ccc(NC(=S)Nc2cc(N3CCCCC3)cc(C(F)(F)F)c2)cc1)c1csnn1. The lowest BCUT2D eigenvalue weighted by molar-refractivity contribution is -0.137. The molecule has 1 fully saturated rings. The van der Waals surface area contributed by atoms with Crippen LogP contribution in [-0.4, -0.2) is 33.7 Å². The number of benzene rings is 2. The van der Waals surface area contributed by atoms with E-state index in [0.29, 0.717) is 17.1 Å². The summed E-state index contributed by atoms with van der Waals surface area (Å²) < 4.78 is 44.1. The number of piperidine rings is 1. The van der Waals surface area contributed by atoms with Gasteiger partial charge >= 0.3 is 6.18 Å². The van der Waals surface area contributed by atoms with Gasteiger partial charge in [-0.15, -0.1) is 5.10 Å². The van der Waals surface area contributed by atoms with E-state index in [2.05, 4.69) is 25.5 Å². The molecule has 1 aromatic heterocycles. The topological polar surface area (TPSA) is 82.2 Å². The van der Waals surface area contributed by atoms with Crippen molar-refractivity contribution in [3.05, 3.63) is 59.1 Å². The van der Waals surface area contributed by atoms with Gasteiger partial charge in [-0.05, 0) is 85.5 Å². The Balaban J connectivity index is 1.42. The molecule has 1 saturated heterocycles. The summed E-state index contributed by atoms with van der Waals surface area (Å²) in [6, 6.07) is 10.6. The lowest BCUT2D eigenvalue weighted by atomic mass is 10.1. The first kappa shape index (κ1) is 23.9. The van der Waals surface area contributed by atoms with Crippen LogP contribution in [0.25, 0.3) is 0 Å². The molecule has 0 aliphatic carbocycles. The van der Waals surface area contributed by atoms with Gasteiger partial charge in [-0.1, -0.05) is 4.49 Å². The van der Waals surface area contributed by atoms with Crippen molar-refractivity contribution >= 4 is 57.5 Å². The Bertz CT molecular complexity index is 1150. The van der Waals surface area contributed by atoms with Crippen molar-refractivity contribution in [3.8, 4) is 0 Å². The van der Waals surface area contributed by atoms with E-state index in [1.165, 1.54) is 6.07 Å². The highest BCUT2D eigenvalue weighted by Crippen LogP contribution is 2.35. The zero-order chi connectivity index (χ0) is 24.1. The molecule has 1 aliphatic rings. The standard InChI is InChI=1S/C22H21F3N6OS2/c23-22(24,25)14-10-17(12-18(11-14)31-8-2-1-3-9-31)28-21(33)27-16-6-4-15(5-7-16)26-20(32)19-13-34-30-29-19/h4-7,10-13H,1-3,8-9H2,(H,26,32)(H2,27,28,33). The maximum atomic E-state index is 13.5. The molecular weight excluding hydrogens is 485 g/mol. The summed E-state index contributed by atoms with van der Waals surface area (Å²) in [7, 11) is 0. The van der Waals surface area contributed by atoms with Crippen molar-refractivity contribution in [3.63, 3.8) is 0 Å². The molecular formula is C22H21F3N6OS2. The summed E-state index contributed by atoms with van der Waals surface area (Å²) in [5, 5.41) is 13.9. The Kier molecular flexibility index (Phi) is 7.27. The summed E-state index contributed by atoms with van der Waals surface area (Å²) in [6.45, 7) is 1.45. The molecule has 1 aliphatic heterocycles. The smallest absolute Gasteiger partial charge is 0.371 e. The first-order valence-corrected chi connectivity index (χ1v) is 11.8. The molecule has 3 N–H and O–H groups in total. The summed E-state index contributed by atoms with van der Waals surface area (Å²) in [4.78, 5) is 14.0. The summed E-state index contributed by atoms with van der Waals surface area (Å²) in [5.74, 6) is -0.374. The van der Waals surface area contributed by atoms with Crippen molar-refractivity contribution in [1.82, 2.24) is 9.59 Å². The Morgan fingerprint density at radius 1 is 0.941 bits per heavy atom. The lowest BCUT2D eigenvalue weighted by Gasteiger charge is -2.30. The van der Waals surface area contributed by atoms with Crippen LogP contribution >= 0.6 is 23.8 Å². The van der Waals surface area contributed by atoms with Crippen LogP contribution in [0, 0.1) is 0 Å². The van der Waals surface area contributed by atoms with Gasteiger partial charge in [0.05, 0.1) is 5.56 Å². The largest absolute Gasteiger partial charge is 0.416 e. The van der Waals surface area contributed by atoms with E-state index in [9.17, 15) is 18.0 Å². The van der Waals surface area contributed by atoms with Crippen LogP contribution in [0.1, 0.15) is 35.3 Å². The average molecular weight is 507 g/mol. The third-order valence-corrected chi connectivity index (χ3v) is 5.93. The zero-order valence-electron chi connectivity index (χ0n) is 17.9. The van der Waals surface area contributed by atoms with Gasteiger partial charge < -0.3 is 20.9 Å². The number of carbonyl (C=O) groups excluding carboxylic acids is 1. The molecule has 2 aromatic carbocycles. The molecule has 0 bridgehead atoms. The molecule has 7 nitrogen and oxygen atoms in total. The molecule has 2 heterocycles. The molecule has 0 radical (unpaired) electrons. The molecule has 0 spiro atoms. The molecule has 0 atom stereocenters. The summed E-state index contributed by atoms with van der Waals surface area (Å²) >= 11 is 6.39. The van der Waals surface area contributed by atoms with Crippen LogP contribution in [0.2, 0.25) is 0 Å². The highest BCUT2D eigenvalue weighted by Gasteiger charge is 2.32. The Labute approximate surface area is 203 Å². The maximum Gasteiger partial charge on any atom is 0.416 e. The molecule has 0 unspecified atom stereocenters. The minimum absolute atomic E-state index is 0.147. The van der Waals surface area contributed by atoms with E-state index in [-0.39, 0.29) is 22.4 Å². The fraction of sp³-hybridized carbons (Fsp3) is 0.273. The van der Waals surface area contributed by atoms with E-state index in [4.69, 9.17) is 12.2 Å². The van der Waals surface area contributed by atoms with Crippen LogP contribution in [0.5, 0.6) is 0 Å².